The molecule has 0 spiro atoms. The van der Waals surface area contributed by atoms with Gasteiger partial charge in [0.05, 0.1) is 6.61 Å². The maximum Gasteiger partial charge on any atom is 0.123 e. The molecule has 0 radical (unpaired) electrons. The fourth-order valence-electron chi connectivity index (χ4n) is 1.29. The average Bonchev–Trinajstić information content (AvgIpc) is 2.27. The molecular formula is C12H19NOS. The first kappa shape index (κ1) is 12.4. The van der Waals surface area contributed by atoms with Gasteiger partial charge in [-0.25, -0.2) is 0 Å². The van der Waals surface area contributed by atoms with Crippen molar-refractivity contribution in [2.75, 3.05) is 18.9 Å². The Labute approximate surface area is 96.2 Å². The third-order valence-electron chi connectivity index (χ3n) is 2.02. The molecule has 0 saturated carbocycles. The topological polar surface area (TPSA) is 35.2 Å². The average molecular weight is 225 g/mol. The molecule has 2 nitrogen and oxygen atoms in total. The summed E-state index contributed by atoms with van der Waals surface area (Å²) < 4.78 is 5.56. The largest absolute Gasteiger partial charge is 0.494 e. The lowest BCUT2D eigenvalue weighted by molar-refractivity contribution is 0.337. The van der Waals surface area contributed by atoms with Gasteiger partial charge in [0.1, 0.15) is 5.75 Å². The van der Waals surface area contributed by atoms with Gasteiger partial charge in [-0.15, -0.1) is 0 Å². The van der Waals surface area contributed by atoms with Crippen LogP contribution in [-0.4, -0.2) is 18.9 Å². The molecule has 0 amide bonds. The zero-order chi connectivity index (χ0) is 10.9. The van der Waals surface area contributed by atoms with Gasteiger partial charge in [-0.3, -0.25) is 0 Å². The summed E-state index contributed by atoms with van der Waals surface area (Å²) >= 11 is 1.91. The van der Waals surface area contributed by atoms with Crippen LogP contribution in [0, 0.1) is 0 Å². The summed E-state index contributed by atoms with van der Waals surface area (Å²) in [6.45, 7) is 3.52. The third kappa shape index (κ3) is 4.58. The quantitative estimate of drug-likeness (QED) is 0.725. The van der Waals surface area contributed by atoms with Crippen molar-refractivity contribution in [3.05, 3.63) is 29.8 Å². The number of hydrogen-bond donors (Lipinski definition) is 1. The molecule has 0 aromatic heterocycles. The lowest BCUT2D eigenvalue weighted by Crippen LogP contribution is -2.00. The van der Waals surface area contributed by atoms with Gasteiger partial charge in [0.25, 0.3) is 0 Å². The molecule has 0 bridgehead atoms. The number of para-hydroxylation sites is 1. The van der Waals surface area contributed by atoms with Crippen molar-refractivity contribution < 1.29 is 4.74 Å². The first-order valence-corrected chi connectivity index (χ1v) is 6.52. The summed E-state index contributed by atoms with van der Waals surface area (Å²) in [7, 11) is 0. The maximum atomic E-state index is 5.56. The van der Waals surface area contributed by atoms with E-state index < -0.39 is 0 Å². The number of thioether (sulfide) groups is 1. The van der Waals surface area contributed by atoms with Crippen LogP contribution < -0.4 is 10.5 Å². The Morgan fingerprint density at radius 2 is 2.13 bits per heavy atom. The number of benzene rings is 1. The second-order valence-electron chi connectivity index (χ2n) is 3.24. The molecule has 0 aliphatic rings. The van der Waals surface area contributed by atoms with Crippen LogP contribution in [0.25, 0.3) is 0 Å². The highest BCUT2D eigenvalue weighted by atomic mass is 32.2. The molecule has 2 N–H and O–H groups in total. The molecule has 0 atom stereocenters. The summed E-state index contributed by atoms with van der Waals surface area (Å²) in [5.41, 5.74) is 6.73. The molecule has 84 valence electrons. The van der Waals surface area contributed by atoms with Crippen molar-refractivity contribution in [3.63, 3.8) is 0 Å². The molecule has 0 fully saturated rings. The van der Waals surface area contributed by atoms with Gasteiger partial charge >= 0.3 is 0 Å². The van der Waals surface area contributed by atoms with Gasteiger partial charge in [-0.05, 0) is 31.7 Å². The van der Waals surface area contributed by atoms with E-state index in [0.717, 1.165) is 36.8 Å². The molecule has 0 saturated heterocycles. The highest BCUT2D eigenvalue weighted by molar-refractivity contribution is 7.98. The smallest absolute Gasteiger partial charge is 0.123 e. The zero-order valence-electron chi connectivity index (χ0n) is 9.24. The Balaban J connectivity index is 2.44. The lowest BCUT2D eigenvalue weighted by Gasteiger charge is -2.09. The Morgan fingerprint density at radius 1 is 1.33 bits per heavy atom. The molecule has 1 rings (SSSR count). The Bertz CT molecular complexity index is 278. The summed E-state index contributed by atoms with van der Waals surface area (Å²) in [6, 6.07) is 8.23. The van der Waals surface area contributed by atoms with Gasteiger partial charge < -0.3 is 10.5 Å². The molecule has 0 aliphatic carbocycles. The van der Waals surface area contributed by atoms with E-state index in [4.69, 9.17) is 10.5 Å². The number of nitrogens with two attached hydrogens (primary N) is 1. The number of ether oxygens (including phenoxy) is 1. The lowest BCUT2D eigenvalue weighted by atomic mass is 10.2. The van der Waals surface area contributed by atoms with Crippen LogP contribution in [0.5, 0.6) is 5.75 Å². The van der Waals surface area contributed by atoms with Gasteiger partial charge in [0.15, 0.2) is 0 Å². The van der Waals surface area contributed by atoms with E-state index in [1.165, 1.54) is 5.56 Å². The van der Waals surface area contributed by atoms with Gasteiger partial charge in [0.2, 0.25) is 0 Å². The molecule has 0 heterocycles. The Morgan fingerprint density at radius 3 is 2.87 bits per heavy atom. The fraction of sp³-hybridized carbons (Fsp3) is 0.500. The minimum Gasteiger partial charge on any atom is -0.494 e. The second-order valence-corrected chi connectivity index (χ2v) is 4.34. The highest BCUT2D eigenvalue weighted by Crippen LogP contribution is 2.23. The number of rotatable bonds is 7. The van der Waals surface area contributed by atoms with Crippen LogP contribution in [0.2, 0.25) is 0 Å². The van der Waals surface area contributed by atoms with Crippen LogP contribution in [0.15, 0.2) is 24.3 Å². The van der Waals surface area contributed by atoms with E-state index in [1.54, 1.807) is 0 Å². The van der Waals surface area contributed by atoms with E-state index in [-0.39, 0.29) is 0 Å². The first-order valence-electron chi connectivity index (χ1n) is 5.37. The predicted molar refractivity (Wildman–Crippen MR) is 67.4 cm³/mol. The standard InChI is InChI=1S/C12H19NOS/c1-2-14-12-7-4-3-6-11(12)10-15-9-5-8-13/h3-4,6-7H,2,5,8-10,13H2,1H3. The Kier molecular flexibility index (Phi) is 6.28. The first-order chi connectivity index (χ1) is 7.38. The maximum absolute atomic E-state index is 5.56. The van der Waals surface area contributed by atoms with Gasteiger partial charge in [-0.2, -0.15) is 11.8 Å². The van der Waals surface area contributed by atoms with Crippen LogP contribution in [0.1, 0.15) is 18.9 Å². The van der Waals surface area contributed by atoms with Crippen molar-refractivity contribution in [1.29, 1.82) is 0 Å². The van der Waals surface area contributed by atoms with Crippen LogP contribution in [0.4, 0.5) is 0 Å². The van der Waals surface area contributed by atoms with Crippen molar-refractivity contribution in [1.82, 2.24) is 0 Å². The molecule has 0 unspecified atom stereocenters. The summed E-state index contributed by atoms with van der Waals surface area (Å²) in [6.07, 6.45) is 1.08. The fourth-order valence-corrected chi connectivity index (χ4v) is 2.26. The van der Waals surface area contributed by atoms with Crippen LogP contribution >= 0.6 is 11.8 Å². The summed E-state index contributed by atoms with van der Waals surface area (Å²) in [5.74, 6) is 3.15. The Hall–Kier alpha value is -0.670. The van der Waals surface area contributed by atoms with E-state index in [0.29, 0.717) is 0 Å². The van der Waals surface area contributed by atoms with E-state index in [2.05, 4.69) is 12.1 Å². The SMILES string of the molecule is CCOc1ccccc1CSCCCN. The van der Waals surface area contributed by atoms with E-state index in [9.17, 15) is 0 Å². The zero-order valence-corrected chi connectivity index (χ0v) is 10.1. The van der Waals surface area contributed by atoms with Crippen molar-refractivity contribution in [3.8, 4) is 5.75 Å². The van der Waals surface area contributed by atoms with Crippen molar-refractivity contribution in [2.24, 2.45) is 5.73 Å². The number of hydrogen-bond acceptors (Lipinski definition) is 3. The molecule has 1 aromatic rings. The van der Waals surface area contributed by atoms with Gasteiger partial charge in [0, 0.05) is 11.3 Å². The predicted octanol–water partition coefficient (Wildman–Crippen LogP) is 2.67. The van der Waals surface area contributed by atoms with Crippen LogP contribution in [0.3, 0.4) is 0 Å². The normalized spacial score (nSPS) is 10.3. The van der Waals surface area contributed by atoms with Gasteiger partial charge in [-0.1, -0.05) is 18.2 Å². The molecule has 3 heteroatoms. The minimum absolute atomic E-state index is 0.727. The monoisotopic (exact) mass is 225 g/mol. The molecular weight excluding hydrogens is 206 g/mol. The third-order valence-corrected chi connectivity index (χ3v) is 3.12. The molecule has 15 heavy (non-hydrogen) atoms. The summed E-state index contributed by atoms with van der Waals surface area (Å²) in [5, 5.41) is 0. The summed E-state index contributed by atoms with van der Waals surface area (Å²) in [4.78, 5) is 0. The van der Waals surface area contributed by atoms with E-state index >= 15 is 0 Å². The van der Waals surface area contributed by atoms with E-state index in [1.807, 2.05) is 30.8 Å². The van der Waals surface area contributed by atoms with Crippen molar-refractivity contribution >= 4 is 11.8 Å². The minimum atomic E-state index is 0.727. The van der Waals surface area contributed by atoms with Crippen LogP contribution in [-0.2, 0) is 5.75 Å². The second kappa shape index (κ2) is 7.60. The molecule has 1 aromatic carbocycles. The molecule has 0 aliphatic heterocycles. The van der Waals surface area contributed by atoms with Crippen molar-refractivity contribution in [2.45, 2.75) is 19.1 Å². The highest BCUT2D eigenvalue weighted by Gasteiger charge is 2.01.